The summed E-state index contributed by atoms with van der Waals surface area (Å²) in [6.07, 6.45) is 5.08. The fourth-order valence-corrected chi connectivity index (χ4v) is 3.69. The Bertz CT molecular complexity index is 519. The minimum atomic E-state index is -3.36. The van der Waals surface area contributed by atoms with Crippen molar-refractivity contribution in [2.45, 2.75) is 43.9 Å². The van der Waals surface area contributed by atoms with E-state index in [1.54, 1.807) is 12.1 Å². The zero-order chi connectivity index (χ0) is 15.1. The molecule has 4 nitrogen and oxygen atoms in total. The van der Waals surface area contributed by atoms with Crippen molar-refractivity contribution in [3.63, 3.8) is 0 Å². The molecule has 0 amide bonds. The smallest absolute Gasteiger partial charge is 0.240 e. The molecule has 0 unspecified atom stereocenters. The van der Waals surface area contributed by atoms with Gasteiger partial charge < -0.3 is 4.74 Å². The molecular weight excluding hydrogens is 286 g/mol. The summed E-state index contributed by atoms with van der Waals surface area (Å²) in [5, 5.41) is 0. The van der Waals surface area contributed by atoms with Crippen LogP contribution in [0.15, 0.2) is 29.2 Å². The summed E-state index contributed by atoms with van der Waals surface area (Å²) in [5.74, 6) is 0.687. The summed E-state index contributed by atoms with van der Waals surface area (Å²) >= 11 is 0. The van der Waals surface area contributed by atoms with Crippen LogP contribution in [0, 0.1) is 5.92 Å². The first-order chi connectivity index (χ1) is 10.1. The lowest BCUT2D eigenvalue weighted by Gasteiger charge is -2.21. The number of hydrogen-bond donors (Lipinski definition) is 1. The van der Waals surface area contributed by atoms with Gasteiger partial charge in [0.05, 0.1) is 4.90 Å². The third kappa shape index (κ3) is 5.09. The Hall–Kier alpha value is -0.910. The van der Waals surface area contributed by atoms with E-state index < -0.39 is 10.0 Å². The van der Waals surface area contributed by atoms with Crippen LogP contribution in [0.25, 0.3) is 0 Å². The first-order valence-corrected chi connectivity index (χ1v) is 9.26. The standard InChI is InChI=1S/C16H25NO3S/c1-2-14-5-7-16(8-6-14)21(18,19)17-11-3-4-15-9-12-20-13-10-15/h5-8,15,17H,2-4,9-13H2,1H3. The molecule has 0 saturated carbocycles. The minimum Gasteiger partial charge on any atom is -0.381 e. The van der Waals surface area contributed by atoms with Crippen LogP contribution in [0.2, 0.25) is 0 Å². The largest absolute Gasteiger partial charge is 0.381 e. The van der Waals surface area contributed by atoms with Crippen LogP contribution in [-0.4, -0.2) is 28.2 Å². The van der Waals surface area contributed by atoms with Crippen molar-refractivity contribution in [2.24, 2.45) is 5.92 Å². The van der Waals surface area contributed by atoms with E-state index in [9.17, 15) is 8.42 Å². The van der Waals surface area contributed by atoms with E-state index in [1.165, 1.54) is 0 Å². The molecule has 1 aliphatic rings. The summed E-state index contributed by atoms with van der Waals surface area (Å²) in [5.41, 5.74) is 1.15. The second-order valence-electron chi connectivity index (χ2n) is 5.59. The molecule has 1 aliphatic heterocycles. The van der Waals surface area contributed by atoms with Gasteiger partial charge >= 0.3 is 0 Å². The summed E-state index contributed by atoms with van der Waals surface area (Å²) in [6, 6.07) is 7.10. The zero-order valence-electron chi connectivity index (χ0n) is 12.7. The van der Waals surface area contributed by atoms with Gasteiger partial charge in [-0.25, -0.2) is 13.1 Å². The van der Waals surface area contributed by atoms with Gasteiger partial charge in [0, 0.05) is 19.8 Å². The fourth-order valence-electron chi connectivity index (χ4n) is 2.62. The van der Waals surface area contributed by atoms with Gasteiger partial charge in [-0.15, -0.1) is 0 Å². The lowest BCUT2D eigenvalue weighted by atomic mass is 9.95. The highest BCUT2D eigenvalue weighted by Gasteiger charge is 2.15. The quantitative estimate of drug-likeness (QED) is 0.788. The Labute approximate surface area is 127 Å². The van der Waals surface area contributed by atoms with Crippen molar-refractivity contribution < 1.29 is 13.2 Å². The van der Waals surface area contributed by atoms with E-state index in [4.69, 9.17) is 4.74 Å². The number of rotatable bonds is 7. The second kappa shape index (κ2) is 7.92. The Kier molecular flexibility index (Phi) is 6.21. The molecule has 21 heavy (non-hydrogen) atoms. The first-order valence-electron chi connectivity index (χ1n) is 7.78. The average molecular weight is 311 g/mol. The molecule has 1 N–H and O–H groups in total. The molecule has 1 fully saturated rings. The third-order valence-electron chi connectivity index (χ3n) is 4.06. The van der Waals surface area contributed by atoms with Crippen molar-refractivity contribution >= 4 is 10.0 Å². The van der Waals surface area contributed by atoms with Crippen LogP contribution in [-0.2, 0) is 21.2 Å². The van der Waals surface area contributed by atoms with E-state index in [2.05, 4.69) is 11.6 Å². The number of benzene rings is 1. The molecule has 0 spiro atoms. The predicted molar refractivity (Wildman–Crippen MR) is 83.8 cm³/mol. The van der Waals surface area contributed by atoms with E-state index in [0.29, 0.717) is 17.4 Å². The van der Waals surface area contributed by atoms with E-state index in [-0.39, 0.29) is 0 Å². The molecule has 1 heterocycles. The number of ether oxygens (including phenoxy) is 1. The molecule has 118 valence electrons. The number of aryl methyl sites for hydroxylation is 1. The van der Waals surface area contributed by atoms with Gasteiger partial charge in [-0.05, 0) is 55.7 Å². The Balaban J connectivity index is 1.77. The van der Waals surface area contributed by atoms with Crippen LogP contribution in [0.1, 0.15) is 38.2 Å². The van der Waals surface area contributed by atoms with Crippen LogP contribution in [0.5, 0.6) is 0 Å². The summed E-state index contributed by atoms with van der Waals surface area (Å²) in [6.45, 7) is 4.26. The van der Waals surface area contributed by atoms with Crippen molar-refractivity contribution in [1.29, 1.82) is 0 Å². The molecule has 0 atom stereocenters. The predicted octanol–water partition coefficient (Wildman–Crippen LogP) is 2.73. The van der Waals surface area contributed by atoms with Gasteiger partial charge in [0.25, 0.3) is 0 Å². The topological polar surface area (TPSA) is 55.4 Å². The van der Waals surface area contributed by atoms with Gasteiger partial charge in [0.1, 0.15) is 0 Å². The number of hydrogen-bond acceptors (Lipinski definition) is 3. The molecule has 0 radical (unpaired) electrons. The maximum atomic E-state index is 12.2. The normalized spacial score (nSPS) is 17.0. The van der Waals surface area contributed by atoms with Crippen LogP contribution >= 0.6 is 0 Å². The molecule has 1 aromatic rings. The lowest BCUT2D eigenvalue weighted by Crippen LogP contribution is -2.25. The molecule has 1 aromatic carbocycles. The molecule has 2 rings (SSSR count). The number of sulfonamides is 1. The van der Waals surface area contributed by atoms with Gasteiger partial charge in [0.2, 0.25) is 10.0 Å². The zero-order valence-corrected chi connectivity index (χ0v) is 13.5. The van der Waals surface area contributed by atoms with Crippen molar-refractivity contribution in [3.8, 4) is 0 Å². The van der Waals surface area contributed by atoms with E-state index >= 15 is 0 Å². The van der Waals surface area contributed by atoms with Gasteiger partial charge in [-0.3, -0.25) is 0 Å². The highest BCUT2D eigenvalue weighted by Crippen LogP contribution is 2.19. The minimum absolute atomic E-state index is 0.353. The Morgan fingerprint density at radius 2 is 1.86 bits per heavy atom. The SMILES string of the molecule is CCc1ccc(S(=O)(=O)NCCCC2CCOCC2)cc1. The molecular formula is C16H25NO3S. The second-order valence-corrected chi connectivity index (χ2v) is 7.36. The fraction of sp³-hybridized carbons (Fsp3) is 0.625. The molecule has 0 aliphatic carbocycles. The highest BCUT2D eigenvalue weighted by atomic mass is 32.2. The Morgan fingerprint density at radius 1 is 1.19 bits per heavy atom. The van der Waals surface area contributed by atoms with Crippen LogP contribution in [0.3, 0.4) is 0 Å². The van der Waals surface area contributed by atoms with Crippen molar-refractivity contribution in [2.75, 3.05) is 19.8 Å². The molecule has 0 aromatic heterocycles. The molecule has 5 heteroatoms. The lowest BCUT2D eigenvalue weighted by molar-refractivity contribution is 0.0634. The average Bonchev–Trinajstić information content (AvgIpc) is 2.53. The maximum absolute atomic E-state index is 12.2. The monoisotopic (exact) mass is 311 g/mol. The van der Waals surface area contributed by atoms with Crippen LogP contribution < -0.4 is 4.72 Å². The summed E-state index contributed by atoms with van der Waals surface area (Å²) in [4.78, 5) is 0.353. The summed E-state index contributed by atoms with van der Waals surface area (Å²) in [7, 11) is -3.36. The molecule has 1 saturated heterocycles. The summed E-state index contributed by atoms with van der Waals surface area (Å²) < 4.78 is 32.3. The van der Waals surface area contributed by atoms with Crippen LogP contribution in [0.4, 0.5) is 0 Å². The Morgan fingerprint density at radius 3 is 2.48 bits per heavy atom. The highest BCUT2D eigenvalue weighted by molar-refractivity contribution is 7.89. The molecule has 0 bridgehead atoms. The van der Waals surface area contributed by atoms with Gasteiger partial charge in [0.15, 0.2) is 0 Å². The third-order valence-corrected chi connectivity index (χ3v) is 5.54. The van der Waals surface area contributed by atoms with Gasteiger partial charge in [-0.1, -0.05) is 19.1 Å². The van der Waals surface area contributed by atoms with Crippen molar-refractivity contribution in [3.05, 3.63) is 29.8 Å². The maximum Gasteiger partial charge on any atom is 0.240 e. The van der Waals surface area contributed by atoms with E-state index in [0.717, 1.165) is 50.9 Å². The first kappa shape index (κ1) is 16.5. The van der Waals surface area contributed by atoms with E-state index in [1.807, 2.05) is 12.1 Å². The van der Waals surface area contributed by atoms with Gasteiger partial charge in [-0.2, -0.15) is 0 Å². The number of nitrogens with one attached hydrogen (secondary N) is 1. The van der Waals surface area contributed by atoms with Crippen molar-refractivity contribution in [1.82, 2.24) is 4.72 Å².